The van der Waals surface area contributed by atoms with Crippen LogP contribution in [-0.4, -0.2) is 29.8 Å². The number of hydrogen-bond donors (Lipinski definition) is 1. The van der Waals surface area contributed by atoms with Gasteiger partial charge in [0.2, 0.25) is 11.8 Å². The standard InChI is InChI=1S/C20H26N2O2/c23-19(14-16-6-1-2-7-16)21-12-5-10-20(24)22-13-11-17-8-3-4-9-18(17)15-22/h1,3-4,6,8-9,16H,2,5,7,10-15H2,(H,21,23)/t16-/m1/s1. The maximum Gasteiger partial charge on any atom is 0.222 e. The highest BCUT2D eigenvalue weighted by molar-refractivity contribution is 5.77. The van der Waals surface area contributed by atoms with Crippen LogP contribution in [0.5, 0.6) is 0 Å². The van der Waals surface area contributed by atoms with Gasteiger partial charge in [-0.1, -0.05) is 36.4 Å². The summed E-state index contributed by atoms with van der Waals surface area (Å²) in [6.07, 6.45) is 9.19. The van der Waals surface area contributed by atoms with E-state index in [1.165, 1.54) is 11.1 Å². The van der Waals surface area contributed by atoms with Crippen molar-refractivity contribution in [2.24, 2.45) is 5.92 Å². The van der Waals surface area contributed by atoms with Gasteiger partial charge in [0.1, 0.15) is 0 Å². The fraction of sp³-hybridized carbons (Fsp3) is 0.500. The summed E-state index contributed by atoms with van der Waals surface area (Å²) in [7, 11) is 0. The average molecular weight is 326 g/mol. The Morgan fingerprint density at radius 3 is 2.83 bits per heavy atom. The molecule has 24 heavy (non-hydrogen) atoms. The van der Waals surface area contributed by atoms with Crippen molar-refractivity contribution in [2.45, 2.75) is 45.1 Å². The molecule has 1 aromatic carbocycles. The molecular formula is C20H26N2O2. The first-order chi connectivity index (χ1) is 11.7. The zero-order chi connectivity index (χ0) is 16.8. The minimum absolute atomic E-state index is 0.103. The summed E-state index contributed by atoms with van der Waals surface area (Å²) in [5, 5.41) is 2.94. The van der Waals surface area contributed by atoms with E-state index in [-0.39, 0.29) is 11.8 Å². The van der Waals surface area contributed by atoms with Crippen LogP contribution in [0.15, 0.2) is 36.4 Å². The van der Waals surface area contributed by atoms with E-state index >= 15 is 0 Å². The number of nitrogens with zero attached hydrogens (tertiary/aromatic N) is 1. The molecule has 0 fully saturated rings. The van der Waals surface area contributed by atoms with Gasteiger partial charge < -0.3 is 10.2 Å². The van der Waals surface area contributed by atoms with Gasteiger partial charge in [0.05, 0.1) is 0 Å². The number of hydrogen-bond acceptors (Lipinski definition) is 2. The molecule has 1 aliphatic heterocycles. The highest BCUT2D eigenvalue weighted by Crippen LogP contribution is 2.20. The minimum atomic E-state index is 0.103. The van der Waals surface area contributed by atoms with Crippen molar-refractivity contribution in [1.29, 1.82) is 0 Å². The summed E-state index contributed by atoms with van der Waals surface area (Å²) in [6, 6.07) is 8.33. The number of allylic oxidation sites excluding steroid dienone is 2. The summed E-state index contributed by atoms with van der Waals surface area (Å²) < 4.78 is 0. The third-order valence-corrected chi connectivity index (χ3v) is 4.93. The zero-order valence-corrected chi connectivity index (χ0v) is 14.2. The monoisotopic (exact) mass is 326 g/mol. The summed E-state index contributed by atoms with van der Waals surface area (Å²) >= 11 is 0. The van der Waals surface area contributed by atoms with Crippen molar-refractivity contribution < 1.29 is 9.59 Å². The molecule has 0 radical (unpaired) electrons. The number of carbonyl (C=O) groups is 2. The van der Waals surface area contributed by atoms with Gasteiger partial charge >= 0.3 is 0 Å². The Labute approximate surface area is 143 Å². The topological polar surface area (TPSA) is 49.4 Å². The Balaban J connectivity index is 1.34. The van der Waals surface area contributed by atoms with Crippen LogP contribution in [0.25, 0.3) is 0 Å². The van der Waals surface area contributed by atoms with Crippen LogP contribution in [0.4, 0.5) is 0 Å². The predicted octanol–water partition coefficient (Wildman–Crippen LogP) is 2.82. The SMILES string of the molecule is O=C(C[C@@H]1C=CCC1)NCCCC(=O)N1CCc2ccccc2C1. The van der Waals surface area contributed by atoms with E-state index in [9.17, 15) is 9.59 Å². The number of carbonyl (C=O) groups excluding carboxylic acids is 2. The average Bonchev–Trinajstić information content (AvgIpc) is 3.11. The molecule has 1 aromatic rings. The molecule has 1 atom stereocenters. The zero-order valence-electron chi connectivity index (χ0n) is 14.2. The van der Waals surface area contributed by atoms with Crippen LogP contribution < -0.4 is 5.32 Å². The molecule has 4 nitrogen and oxygen atoms in total. The predicted molar refractivity (Wildman–Crippen MR) is 94.3 cm³/mol. The summed E-state index contributed by atoms with van der Waals surface area (Å²) in [6.45, 7) is 2.11. The molecule has 3 rings (SSSR count). The lowest BCUT2D eigenvalue weighted by Gasteiger charge is -2.29. The van der Waals surface area contributed by atoms with Crippen molar-refractivity contribution in [3.05, 3.63) is 47.5 Å². The molecule has 2 amide bonds. The van der Waals surface area contributed by atoms with Crippen LogP contribution >= 0.6 is 0 Å². The Kier molecular flexibility index (Phi) is 5.68. The second-order valence-corrected chi connectivity index (χ2v) is 6.76. The first-order valence-electron chi connectivity index (χ1n) is 9.00. The van der Waals surface area contributed by atoms with Crippen molar-refractivity contribution in [3.8, 4) is 0 Å². The van der Waals surface area contributed by atoms with Crippen LogP contribution in [0, 0.1) is 5.92 Å². The Hall–Kier alpha value is -2.10. The number of fused-ring (bicyclic) bond motifs is 1. The Morgan fingerprint density at radius 2 is 2.04 bits per heavy atom. The lowest BCUT2D eigenvalue weighted by molar-refractivity contribution is -0.132. The fourth-order valence-electron chi connectivity index (χ4n) is 3.51. The summed E-state index contributed by atoms with van der Waals surface area (Å²) in [5.74, 6) is 0.698. The summed E-state index contributed by atoms with van der Waals surface area (Å²) in [5.41, 5.74) is 2.62. The quantitative estimate of drug-likeness (QED) is 0.645. The number of benzene rings is 1. The van der Waals surface area contributed by atoms with Crippen molar-refractivity contribution in [2.75, 3.05) is 13.1 Å². The fourth-order valence-corrected chi connectivity index (χ4v) is 3.51. The molecule has 0 saturated carbocycles. The molecular weight excluding hydrogens is 300 g/mol. The van der Waals surface area contributed by atoms with Gasteiger partial charge in [0, 0.05) is 32.5 Å². The van der Waals surface area contributed by atoms with Gasteiger partial charge in [-0.3, -0.25) is 9.59 Å². The van der Waals surface area contributed by atoms with Crippen LogP contribution in [-0.2, 0) is 22.6 Å². The highest BCUT2D eigenvalue weighted by Gasteiger charge is 2.20. The third-order valence-electron chi connectivity index (χ3n) is 4.93. The van der Waals surface area contributed by atoms with Crippen LogP contribution in [0.1, 0.15) is 43.2 Å². The maximum absolute atomic E-state index is 12.3. The van der Waals surface area contributed by atoms with Crippen molar-refractivity contribution in [3.63, 3.8) is 0 Å². The van der Waals surface area contributed by atoms with Gasteiger partial charge in [-0.25, -0.2) is 0 Å². The Morgan fingerprint density at radius 1 is 1.21 bits per heavy atom. The number of amides is 2. The molecule has 1 heterocycles. The molecule has 0 aromatic heterocycles. The minimum Gasteiger partial charge on any atom is -0.356 e. The molecule has 1 aliphatic carbocycles. The van der Waals surface area contributed by atoms with Crippen molar-refractivity contribution >= 4 is 11.8 Å². The van der Waals surface area contributed by atoms with E-state index in [0.29, 0.717) is 31.7 Å². The number of rotatable bonds is 6. The smallest absolute Gasteiger partial charge is 0.222 e. The molecule has 0 unspecified atom stereocenters. The molecule has 0 spiro atoms. The van der Waals surface area contributed by atoms with Crippen molar-refractivity contribution in [1.82, 2.24) is 10.2 Å². The molecule has 0 saturated heterocycles. The van der Waals surface area contributed by atoms with Gasteiger partial charge in [0.15, 0.2) is 0 Å². The van der Waals surface area contributed by atoms with Crippen LogP contribution in [0.2, 0.25) is 0 Å². The van der Waals surface area contributed by atoms with E-state index in [2.05, 4.69) is 35.7 Å². The lowest BCUT2D eigenvalue weighted by atomic mass is 9.99. The third kappa shape index (κ3) is 4.47. The van der Waals surface area contributed by atoms with E-state index in [4.69, 9.17) is 0 Å². The Bertz CT molecular complexity index is 624. The molecule has 2 aliphatic rings. The molecule has 128 valence electrons. The largest absolute Gasteiger partial charge is 0.356 e. The maximum atomic E-state index is 12.3. The second-order valence-electron chi connectivity index (χ2n) is 6.76. The molecule has 1 N–H and O–H groups in total. The van der Waals surface area contributed by atoms with E-state index < -0.39 is 0 Å². The lowest BCUT2D eigenvalue weighted by Crippen LogP contribution is -2.36. The molecule has 0 bridgehead atoms. The van der Waals surface area contributed by atoms with Gasteiger partial charge in [-0.2, -0.15) is 0 Å². The highest BCUT2D eigenvalue weighted by atomic mass is 16.2. The van der Waals surface area contributed by atoms with E-state index in [1.807, 2.05) is 11.0 Å². The summed E-state index contributed by atoms with van der Waals surface area (Å²) in [4.78, 5) is 26.1. The molecule has 4 heteroatoms. The first-order valence-corrected chi connectivity index (χ1v) is 9.00. The first kappa shape index (κ1) is 16.7. The van der Waals surface area contributed by atoms with E-state index in [1.54, 1.807) is 0 Å². The second kappa shape index (κ2) is 8.13. The van der Waals surface area contributed by atoms with Gasteiger partial charge in [-0.15, -0.1) is 0 Å². The van der Waals surface area contributed by atoms with Gasteiger partial charge in [-0.05, 0) is 42.7 Å². The van der Waals surface area contributed by atoms with Crippen LogP contribution in [0.3, 0.4) is 0 Å². The number of nitrogens with one attached hydrogen (secondary N) is 1. The van der Waals surface area contributed by atoms with E-state index in [0.717, 1.165) is 32.4 Å². The normalized spacial score (nSPS) is 19.2. The van der Waals surface area contributed by atoms with Gasteiger partial charge in [0.25, 0.3) is 0 Å².